The average Bonchev–Trinajstić information content (AvgIpc) is 3.38. The molecule has 3 N–H and O–H groups in total. The number of nitrogens with one attached hydrogen (secondary N) is 1. The molecule has 1 atom stereocenters. The number of hydrogen-bond donors (Lipinski definition) is 3. The van der Waals surface area contributed by atoms with Crippen LogP contribution in [0.25, 0.3) is 26.8 Å². The van der Waals surface area contributed by atoms with Crippen LogP contribution < -0.4 is 9.62 Å². The van der Waals surface area contributed by atoms with Crippen molar-refractivity contribution in [3.8, 4) is 16.5 Å². The Bertz CT molecular complexity index is 1420. The number of nitrogens with zero attached hydrogens (tertiary/aromatic N) is 3. The quantitative estimate of drug-likeness (QED) is 0.387. The number of fused-ring (bicyclic) bond motifs is 1. The summed E-state index contributed by atoms with van der Waals surface area (Å²) < 4.78 is 27.4. The van der Waals surface area contributed by atoms with Crippen LogP contribution in [0.4, 0.5) is 5.69 Å². The second kappa shape index (κ2) is 11.1. The number of piperazine rings is 1. The zero-order chi connectivity index (χ0) is 25.9. The molecule has 1 aliphatic heterocycles. The van der Waals surface area contributed by atoms with Crippen LogP contribution in [0.5, 0.6) is 0 Å². The van der Waals surface area contributed by atoms with E-state index in [1.807, 2.05) is 12.1 Å². The molecule has 36 heavy (non-hydrogen) atoms. The highest BCUT2D eigenvalue weighted by molar-refractivity contribution is 7.93. The van der Waals surface area contributed by atoms with Gasteiger partial charge in [0.2, 0.25) is 0 Å². The zero-order valence-electron chi connectivity index (χ0n) is 20.3. The van der Waals surface area contributed by atoms with Gasteiger partial charge in [-0.25, -0.2) is 13.1 Å². The van der Waals surface area contributed by atoms with Gasteiger partial charge in [-0.3, -0.25) is 0 Å². The first-order valence-corrected chi connectivity index (χ1v) is 14.0. The molecule has 2 heterocycles. The molecule has 0 saturated carbocycles. The zero-order valence-corrected chi connectivity index (χ0v) is 21.9. The predicted molar refractivity (Wildman–Crippen MR) is 145 cm³/mol. The summed E-state index contributed by atoms with van der Waals surface area (Å²) in [6.45, 7) is 4.79. The molecule has 0 bridgehead atoms. The van der Waals surface area contributed by atoms with Gasteiger partial charge in [0.15, 0.2) is 4.91 Å². The van der Waals surface area contributed by atoms with Crippen LogP contribution in [0, 0.1) is 11.3 Å². The summed E-state index contributed by atoms with van der Waals surface area (Å²) in [5.74, 6) is 0. The van der Waals surface area contributed by atoms with Crippen molar-refractivity contribution in [3.63, 3.8) is 0 Å². The predicted octanol–water partition coefficient (Wildman–Crippen LogP) is 2.85. The normalized spacial score (nSPS) is 16.6. The molecule has 0 radical (unpaired) electrons. The van der Waals surface area contributed by atoms with Crippen molar-refractivity contribution >= 4 is 43.4 Å². The lowest BCUT2D eigenvalue weighted by Crippen LogP contribution is -2.44. The molecular formula is C26H30N4O4S2. The lowest BCUT2D eigenvalue weighted by atomic mass is 10.0. The molecule has 1 unspecified atom stereocenters. The molecule has 4 rings (SSSR count). The number of allylic oxidation sites excluding steroid dienone is 2. The van der Waals surface area contributed by atoms with Crippen molar-refractivity contribution in [1.82, 2.24) is 9.62 Å². The number of aliphatic hydroxyl groups excluding tert-OH is 2. The lowest BCUT2D eigenvalue weighted by molar-refractivity contribution is 0.0989. The van der Waals surface area contributed by atoms with Gasteiger partial charge in [0, 0.05) is 48.2 Å². The van der Waals surface area contributed by atoms with E-state index in [4.69, 9.17) is 5.11 Å². The van der Waals surface area contributed by atoms with E-state index in [2.05, 4.69) is 58.0 Å². The number of thiophene rings is 1. The minimum atomic E-state index is -4.13. The lowest BCUT2D eigenvalue weighted by Gasteiger charge is -2.34. The maximum atomic E-state index is 12.6. The molecule has 10 heteroatoms. The monoisotopic (exact) mass is 526 g/mol. The number of aliphatic hydroxyl groups is 2. The third-order valence-electron chi connectivity index (χ3n) is 6.38. The summed E-state index contributed by atoms with van der Waals surface area (Å²) in [6.07, 6.45) is -1.24. The summed E-state index contributed by atoms with van der Waals surface area (Å²) in [5.41, 5.74) is 2.58. The van der Waals surface area contributed by atoms with E-state index in [-0.39, 0.29) is 6.54 Å². The van der Waals surface area contributed by atoms with Gasteiger partial charge in [0.1, 0.15) is 6.07 Å². The van der Waals surface area contributed by atoms with Crippen LogP contribution in [0.15, 0.2) is 53.4 Å². The van der Waals surface area contributed by atoms with E-state index in [1.165, 1.54) is 17.0 Å². The van der Waals surface area contributed by atoms with Gasteiger partial charge in [-0.05, 0) is 66.2 Å². The Morgan fingerprint density at radius 3 is 2.50 bits per heavy atom. The molecule has 1 aromatic heterocycles. The Balaban J connectivity index is 1.57. The Morgan fingerprint density at radius 2 is 1.81 bits per heavy atom. The number of sulfonamides is 1. The van der Waals surface area contributed by atoms with Gasteiger partial charge in [-0.1, -0.05) is 18.2 Å². The number of anilines is 1. The van der Waals surface area contributed by atoms with E-state index in [1.54, 1.807) is 13.0 Å². The van der Waals surface area contributed by atoms with E-state index < -0.39 is 27.6 Å². The van der Waals surface area contributed by atoms with Gasteiger partial charge in [-0.15, -0.1) is 11.3 Å². The van der Waals surface area contributed by atoms with Crippen molar-refractivity contribution in [2.75, 3.05) is 51.3 Å². The molecule has 3 aromatic rings. The van der Waals surface area contributed by atoms with E-state index in [0.29, 0.717) is 10.5 Å². The summed E-state index contributed by atoms with van der Waals surface area (Å²) in [5, 5.41) is 30.2. The van der Waals surface area contributed by atoms with Gasteiger partial charge in [0.05, 0.1) is 12.7 Å². The first-order valence-electron chi connectivity index (χ1n) is 11.7. The number of nitriles is 1. The van der Waals surface area contributed by atoms with Gasteiger partial charge >= 0.3 is 0 Å². The van der Waals surface area contributed by atoms with Crippen molar-refractivity contribution in [2.24, 2.45) is 0 Å². The topological polar surface area (TPSA) is 117 Å². The minimum absolute atomic E-state index is 0.331. The van der Waals surface area contributed by atoms with Crippen LogP contribution in [-0.4, -0.2) is 76.0 Å². The summed E-state index contributed by atoms with van der Waals surface area (Å²) in [4.78, 5) is 5.97. The number of rotatable bonds is 8. The van der Waals surface area contributed by atoms with Crippen LogP contribution in [0.1, 0.15) is 11.8 Å². The highest BCUT2D eigenvalue weighted by Gasteiger charge is 2.23. The molecule has 2 aromatic carbocycles. The maximum absolute atomic E-state index is 12.6. The second-order valence-corrected chi connectivity index (χ2v) is 11.7. The number of benzene rings is 2. The third kappa shape index (κ3) is 5.78. The fraction of sp³-hybridized carbons (Fsp3) is 0.346. The van der Waals surface area contributed by atoms with Gasteiger partial charge < -0.3 is 20.0 Å². The SMILES string of the molecule is C/C(=C(/C#N)S(=O)(=O)NCC(O)CO)c1ccc(-c2ccc3cc(N4CCN(C)CC4)ccc3c2)s1. The highest BCUT2D eigenvalue weighted by Crippen LogP contribution is 2.35. The molecule has 1 aliphatic rings. The van der Waals surface area contributed by atoms with Crippen molar-refractivity contribution in [3.05, 3.63) is 58.3 Å². The number of hydrogen-bond acceptors (Lipinski definition) is 8. The Morgan fingerprint density at radius 1 is 1.11 bits per heavy atom. The number of likely N-dealkylation sites (N-methyl/N-ethyl adjacent to an activating group) is 1. The molecule has 0 amide bonds. The van der Waals surface area contributed by atoms with Crippen molar-refractivity contribution in [1.29, 1.82) is 5.26 Å². The van der Waals surface area contributed by atoms with E-state index >= 15 is 0 Å². The van der Waals surface area contributed by atoms with Crippen molar-refractivity contribution in [2.45, 2.75) is 13.0 Å². The third-order valence-corrected chi connectivity index (χ3v) is 9.12. The fourth-order valence-corrected chi connectivity index (χ4v) is 6.41. The van der Waals surface area contributed by atoms with E-state index in [0.717, 1.165) is 47.4 Å². The average molecular weight is 527 g/mol. The minimum Gasteiger partial charge on any atom is -0.394 e. The van der Waals surface area contributed by atoms with Crippen LogP contribution >= 0.6 is 11.3 Å². The molecule has 0 spiro atoms. The molecule has 1 saturated heterocycles. The Labute approximate surface area is 215 Å². The maximum Gasteiger partial charge on any atom is 0.251 e. The van der Waals surface area contributed by atoms with Crippen LogP contribution in [0.3, 0.4) is 0 Å². The Kier molecular flexibility index (Phi) is 8.10. The summed E-state index contributed by atoms with van der Waals surface area (Å²) in [6, 6.07) is 18.3. The standard InChI is InChI=1S/C26H30N4O4S2/c1-18(26(15-27)36(33,34)28-16-23(32)17-31)24-7-8-25(35-24)21-4-3-20-14-22(6-5-19(20)13-21)30-11-9-29(2)10-12-30/h3-8,13-14,23,28,31-32H,9-12,16-17H2,1-2H3/b26-18+. The second-order valence-electron chi connectivity index (χ2n) is 8.95. The first kappa shape index (κ1) is 26.3. The Hall–Kier alpha value is -2.78. The van der Waals surface area contributed by atoms with Gasteiger partial charge in [-0.2, -0.15) is 5.26 Å². The molecular weight excluding hydrogens is 496 g/mol. The van der Waals surface area contributed by atoms with E-state index in [9.17, 15) is 18.8 Å². The fourth-order valence-electron chi connectivity index (χ4n) is 4.14. The molecule has 1 fully saturated rings. The van der Waals surface area contributed by atoms with Crippen LogP contribution in [0.2, 0.25) is 0 Å². The molecule has 0 aliphatic carbocycles. The van der Waals surface area contributed by atoms with Crippen LogP contribution in [-0.2, 0) is 10.0 Å². The van der Waals surface area contributed by atoms with Gasteiger partial charge in [0.25, 0.3) is 10.0 Å². The summed E-state index contributed by atoms with van der Waals surface area (Å²) in [7, 11) is -1.98. The smallest absolute Gasteiger partial charge is 0.251 e. The first-order chi connectivity index (χ1) is 17.2. The highest BCUT2D eigenvalue weighted by atomic mass is 32.2. The molecule has 190 valence electrons. The molecule has 8 nitrogen and oxygen atoms in total. The summed E-state index contributed by atoms with van der Waals surface area (Å²) >= 11 is 1.41. The largest absolute Gasteiger partial charge is 0.394 e. The van der Waals surface area contributed by atoms with Crippen molar-refractivity contribution < 1.29 is 18.6 Å².